The van der Waals surface area contributed by atoms with Crippen LogP contribution in [0.1, 0.15) is 26.7 Å². The maximum Gasteiger partial charge on any atom is 0.223 e. The molecule has 106 valence electrons. The van der Waals surface area contributed by atoms with Gasteiger partial charge in [-0.1, -0.05) is 19.1 Å². The number of rotatable bonds is 7. The molecule has 5 nitrogen and oxygen atoms in total. The van der Waals surface area contributed by atoms with Crippen LogP contribution >= 0.6 is 0 Å². The van der Waals surface area contributed by atoms with Crippen molar-refractivity contribution in [3.05, 3.63) is 24.3 Å². The van der Waals surface area contributed by atoms with E-state index in [9.17, 15) is 9.90 Å². The molecule has 1 atom stereocenters. The zero-order chi connectivity index (χ0) is 14.3. The molecule has 0 bridgehead atoms. The molecule has 1 rings (SSSR count). The smallest absolute Gasteiger partial charge is 0.223 e. The van der Waals surface area contributed by atoms with Gasteiger partial charge in [0.15, 0.2) is 0 Å². The summed E-state index contributed by atoms with van der Waals surface area (Å²) in [5.74, 6) is 0.434. The largest absolute Gasteiger partial charge is 0.491 e. The zero-order valence-corrected chi connectivity index (χ0v) is 11.5. The first-order valence-electron chi connectivity index (χ1n) is 6.40. The molecule has 19 heavy (non-hydrogen) atoms. The zero-order valence-electron chi connectivity index (χ0n) is 11.5. The van der Waals surface area contributed by atoms with Crippen LogP contribution in [0.3, 0.4) is 0 Å². The Morgan fingerprint density at radius 3 is 2.74 bits per heavy atom. The molecule has 0 aliphatic heterocycles. The van der Waals surface area contributed by atoms with Crippen LogP contribution in [0.5, 0.6) is 5.75 Å². The highest BCUT2D eigenvalue weighted by Gasteiger charge is 2.22. The van der Waals surface area contributed by atoms with Gasteiger partial charge in [-0.05, 0) is 25.5 Å². The maximum absolute atomic E-state index is 11.7. The summed E-state index contributed by atoms with van der Waals surface area (Å²) >= 11 is 0. The van der Waals surface area contributed by atoms with E-state index in [4.69, 9.17) is 10.5 Å². The summed E-state index contributed by atoms with van der Waals surface area (Å²) in [6.07, 6.45) is 0.894. The number of benzene rings is 1. The minimum atomic E-state index is -0.567. The number of amides is 1. The van der Waals surface area contributed by atoms with Crippen molar-refractivity contribution in [2.45, 2.75) is 32.2 Å². The van der Waals surface area contributed by atoms with Gasteiger partial charge in [-0.15, -0.1) is 0 Å². The van der Waals surface area contributed by atoms with Crippen molar-refractivity contribution in [3.63, 3.8) is 0 Å². The number of nitrogen functional groups attached to an aromatic ring is 1. The Morgan fingerprint density at radius 1 is 1.47 bits per heavy atom. The highest BCUT2D eigenvalue weighted by molar-refractivity contribution is 5.76. The minimum Gasteiger partial charge on any atom is -0.491 e. The van der Waals surface area contributed by atoms with E-state index in [2.05, 4.69) is 5.32 Å². The summed E-state index contributed by atoms with van der Waals surface area (Å²) < 4.78 is 5.44. The normalized spacial score (nSPS) is 13.6. The van der Waals surface area contributed by atoms with Gasteiger partial charge in [0, 0.05) is 0 Å². The van der Waals surface area contributed by atoms with Crippen molar-refractivity contribution in [2.75, 3.05) is 18.9 Å². The van der Waals surface area contributed by atoms with Crippen LogP contribution in [0.2, 0.25) is 0 Å². The first kappa shape index (κ1) is 15.3. The second-order valence-electron chi connectivity index (χ2n) is 4.76. The number of hydrogen-bond donors (Lipinski definition) is 3. The summed E-state index contributed by atoms with van der Waals surface area (Å²) in [6, 6.07) is 7.15. The SMILES string of the molecule is CCC(C)(CO)NC(=O)CCOc1ccccc1N. The maximum atomic E-state index is 11.7. The van der Waals surface area contributed by atoms with E-state index in [1.807, 2.05) is 19.1 Å². The minimum absolute atomic E-state index is 0.0816. The van der Waals surface area contributed by atoms with Gasteiger partial charge in [-0.2, -0.15) is 0 Å². The summed E-state index contributed by atoms with van der Waals surface area (Å²) in [5, 5.41) is 12.0. The van der Waals surface area contributed by atoms with Gasteiger partial charge in [0.25, 0.3) is 0 Å². The number of hydrogen-bond acceptors (Lipinski definition) is 4. The van der Waals surface area contributed by atoms with E-state index < -0.39 is 5.54 Å². The lowest BCUT2D eigenvalue weighted by Gasteiger charge is -2.27. The van der Waals surface area contributed by atoms with Crippen molar-refractivity contribution in [1.29, 1.82) is 0 Å². The van der Waals surface area contributed by atoms with Crippen molar-refractivity contribution in [2.24, 2.45) is 0 Å². The fourth-order valence-electron chi connectivity index (χ4n) is 1.50. The number of ether oxygens (including phenoxy) is 1. The first-order chi connectivity index (χ1) is 9.00. The molecule has 0 fully saturated rings. The second kappa shape index (κ2) is 6.99. The lowest BCUT2D eigenvalue weighted by Crippen LogP contribution is -2.48. The van der Waals surface area contributed by atoms with Crippen LogP contribution in [0.25, 0.3) is 0 Å². The number of para-hydroxylation sites is 2. The van der Waals surface area contributed by atoms with Crippen LogP contribution < -0.4 is 15.8 Å². The molecule has 1 unspecified atom stereocenters. The Hall–Kier alpha value is -1.75. The molecule has 0 aliphatic carbocycles. The molecule has 0 radical (unpaired) electrons. The van der Waals surface area contributed by atoms with Crippen molar-refractivity contribution < 1.29 is 14.6 Å². The second-order valence-corrected chi connectivity index (χ2v) is 4.76. The van der Waals surface area contributed by atoms with Gasteiger partial charge >= 0.3 is 0 Å². The fraction of sp³-hybridized carbons (Fsp3) is 0.500. The summed E-state index contributed by atoms with van der Waals surface area (Å²) in [7, 11) is 0. The number of aliphatic hydroxyl groups is 1. The van der Waals surface area contributed by atoms with Gasteiger partial charge in [-0.25, -0.2) is 0 Å². The number of nitrogens with one attached hydrogen (secondary N) is 1. The van der Waals surface area contributed by atoms with Crippen molar-refractivity contribution in [1.82, 2.24) is 5.32 Å². The van der Waals surface area contributed by atoms with Crippen molar-refractivity contribution >= 4 is 11.6 Å². The molecule has 0 heterocycles. The predicted octanol–water partition coefficient (Wildman–Crippen LogP) is 1.31. The van der Waals surface area contributed by atoms with Gasteiger partial charge in [0.1, 0.15) is 5.75 Å². The lowest BCUT2D eigenvalue weighted by molar-refractivity contribution is -0.123. The third-order valence-electron chi connectivity index (χ3n) is 3.08. The van der Waals surface area contributed by atoms with Gasteiger partial charge in [-0.3, -0.25) is 4.79 Å². The molecule has 1 aromatic carbocycles. The number of anilines is 1. The average Bonchev–Trinajstić information content (AvgIpc) is 2.41. The molecule has 1 amide bonds. The third kappa shape index (κ3) is 4.79. The molecule has 0 saturated heterocycles. The molecule has 4 N–H and O–H groups in total. The standard InChI is InChI=1S/C14H22N2O3/c1-3-14(2,10-17)16-13(18)8-9-19-12-7-5-4-6-11(12)15/h4-7,17H,3,8-10,15H2,1-2H3,(H,16,18). The molecule has 1 aromatic rings. The topological polar surface area (TPSA) is 84.6 Å². The number of nitrogens with two attached hydrogens (primary N) is 1. The quantitative estimate of drug-likeness (QED) is 0.650. The number of carbonyl (C=O) groups is 1. The summed E-state index contributed by atoms with van der Waals surface area (Å²) in [5.41, 5.74) is 5.71. The Kier molecular flexibility index (Phi) is 5.63. The van der Waals surface area contributed by atoms with Crippen LogP contribution in [-0.2, 0) is 4.79 Å². The Balaban J connectivity index is 2.37. The van der Waals surface area contributed by atoms with Crippen LogP contribution in [0, 0.1) is 0 Å². The highest BCUT2D eigenvalue weighted by atomic mass is 16.5. The molecular weight excluding hydrogens is 244 g/mol. The van der Waals surface area contributed by atoms with E-state index in [1.165, 1.54) is 0 Å². The predicted molar refractivity (Wildman–Crippen MR) is 74.9 cm³/mol. The summed E-state index contributed by atoms with van der Waals surface area (Å²) in [6.45, 7) is 3.89. The van der Waals surface area contributed by atoms with E-state index >= 15 is 0 Å². The monoisotopic (exact) mass is 266 g/mol. The van der Waals surface area contributed by atoms with E-state index in [1.54, 1.807) is 19.1 Å². The van der Waals surface area contributed by atoms with E-state index in [0.717, 1.165) is 0 Å². The lowest BCUT2D eigenvalue weighted by atomic mass is 10.0. The van der Waals surface area contributed by atoms with Crippen molar-refractivity contribution in [3.8, 4) is 5.75 Å². The number of carbonyl (C=O) groups excluding carboxylic acids is 1. The number of aliphatic hydroxyl groups excluding tert-OH is 1. The van der Waals surface area contributed by atoms with E-state index in [-0.39, 0.29) is 25.5 Å². The van der Waals surface area contributed by atoms with Crippen LogP contribution in [-0.4, -0.2) is 29.8 Å². The summed E-state index contributed by atoms with van der Waals surface area (Å²) in [4.78, 5) is 11.7. The third-order valence-corrected chi connectivity index (χ3v) is 3.08. The Bertz CT molecular complexity index is 417. The molecule has 5 heteroatoms. The fourth-order valence-corrected chi connectivity index (χ4v) is 1.50. The molecule has 0 spiro atoms. The van der Waals surface area contributed by atoms with Gasteiger partial charge < -0.3 is 20.9 Å². The Morgan fingerprint density at radius 2 is 2.16 bits per heavy atom. The van der Waals surface area contributed by atoms with E-state index in [0.29, 0.717) is 17.9 Å². The highest BCUT2D eigenvalue weighted by Crippen LogP contribution is 2.19. The van der Waals surface area contributed by atoms with Crippen LogP contribution in [0.4, 0.5) is 5.69 Å². The molecular formula is C14H22N2O3. The molecule has 0 aromatic heterocycles. The Labute approximate surface area is 113 Å². The van der Waals surface area contributed by atoms with Gasteiger partial charge in [0.05, 0.1) is 30.9 Å². The van der Waals surface area contributed by atoms with Gasteiger partial charge in [0.2, 0.25) is 5.91 Å². The first-order valence-corrected chi connectivity index (χ1v) is 6.40. The van der Waals surface area contributed by atoms with Crippen LogP contribution in [0.15, 0.2) is 24.3 Å². The molecule has 0 aliphatic rings. The average molecular weight is 266 g/mol. The molecule has 0 saturated carbocycles.